The van der Waals surface area contributed by atoms with Gasteiger partial charge in [0.05, 0.1) is 11.8 Å². The van der Waals surface area contributed by atoms with Gasteiger partial charge < -0.3 is 5.32 Å². The van der Waals surface area contributed by atoms with E-state index in [2.05, 4.69) is 23.5 Å². The molecule has 2 nitrogen and oxygen atoms in total. The Morgan fingerprint density at radius 3 is 2.55 bits per heavy atom. The van der Waals surface area contributed by atoms with Crippen LogP contribution < -0.4 is 5.32 Å². The molecule has 116 valence electrons. The molecular formula is C18H20FNOS. The Morgan fingerprint density at radius 2 is 1.86 bits per heavy atom. The zero-order valence-electron chi connectivity index (χ0n) is 13.0. The molecule has 0 aromatic heterocycles. The van der Waals surface area contributed by atoms with Gasteiger partial charge in [0.1, 0.15) is 5.82 Å². The number of hydrogen-bond donors (Lipinski definition) is 1. The highest BCUT2D eigenvalue weighted by Crippen LogP contribution is 2.21. The van der Waals surface area contributed by atoms with E-state index in [1.54, 1.807) is 12.1 Å². The maximum atomic E-state index is 12.8. The van der Waals surface area contributed by atoms with Crippen LogP contribution in [0.5, 0.6) is 0 Å². The van der Waals surface area contributed by atoms with Crippen LogP contribution in [0.1, 0.15) is 29.7 Å². The number of hydrogen-bond acceptors (Lipinski definition) is 2. The lowest BCUT2D eigenvalue weighted by Gasteiger charge is -2.17. The van der Waals surface area contributed by atoms with E-state index in [1.807, 2.05) is 20.8 Å². The molecule has 2 aromatic carbocycles. The van der Waals surface area contributed by atoms with E-state index < -0.39 is 0 Å². The van der Waals surface area contributed by atoms with E-state index in [4.69, 9.17) is 0 Å². The van der Waals surface area contributed by atoms with Crippen LogP contribution in [0.25, 0.3) is 0 Å². The summed E-state index contributed by atoms with van der Waals surface area (Å²) in [5.41, 5.74) is 3.49. The van der Waals surface area contributed by atoms with E-state index in [1.165, 1.54) is 35.0 Å². The second-order valence-electron chi connectivity index (χ2n) is 5.39. The molecule has 0 aliphatic heterocycles. The Hall–Kier alpha value is -1.81. The SMILES string of the molecule is Cc1ccc(C)c(C(C)NC(=O)CSc2ccc(F)cc2)c1. The highest BCUT2D eigenvalue weighted by atomic mass is 32.2. The first-order valence-corrected chi connectivity index (χ1v) is 8.19. The zero-order valence-corrected chi connectivity index (χ0v) is 13.8. The highest BCUT2D eigenvalue weighted by molar-refractivity contribution is 8.00. The summed E-state index contributed by atoms with van der Waals surface area (Å²) in [5, 5.41) is 3.01. The van der Waals surface area contributed by atoms with E-state index in [0.29, 0.717) is 5.75 Å². The third kappa shape index (κ3) is 4.60. The van der Waals surface area contributed by atoms with Crippen molar-refractivity contribution in [3.63, 3.8) is 0 Å². The molecule has 1 unspecified atom stereocenters. The predicted molar refractivity (Wildman–Crippen MR) is 89.6 cm³/mol. The second-order valence-corrected chi connectivity index (χ2v) is 6.44. The van der Waals surface area contributed by atoms with Crippen LogP contribution >= 0.6 is 11.8 Å². The van der Waals surface area contributed by atoms with Crippen LogP contribution in [0.3, 0.4) is 0 Å². The van der Waals surface area contributed by atoms with Crippen LogP contribution in [-0.4, -0.2) is 11.7 Å². The summed E-state index contributed by atoms with van der Waals surface area (Å²) in [7, 11) is 0. The molecule has 0 aliphatic carbocycles. The first kappa shape index (κ1) is 16.6. The number of halogens is 1. The predicted octanol–water partition coefficient (Wildman–Crippen LogP) is 4.41. The Labute approximate surface area is 135 Å². The van der Waals surface area contributed by atoms with Crippen molar-refractivity contribution >= 4 is 17.7 Å². The minimum absolute atomic E-state index is 0.0252. The molecule has 1 atom stereocenters. The fourth-order valence-electron chi connectivity index (χ4n) is 2.27. The summed E-state index contributed by atoms with van der Waals surface area (Å²) in [6.07, 6.45) is 0. The third-order valence-electron chi connectivity index (χ3n) is 3.46. The molecule has 4 heteroatoms. The van der Waals surface area contributed by atoms with E-state index in [0.717, 1.165) is 10.5 Å². The summed E-state index contributed by atoms with van der Waals surface area (Å²) < 4.78 is 12.8. The van der Waals surface area contributed by atoms with Gasteiger partial charge in [0.2, 0.25) is 5.91 Å². The minimum Gasteiger partial charge on any atom is -0.349 e. The van der Waals surface area contributed by atoms with Gasteiger partial charge in [-0.3, -0.25) is 4.79 Å². The van der Waals surface area contributed by atoms with Crippen molar-refractivity contribution in [2.75, 3.05) is 5.75 Å². The van der Waals surface area contributed by atoms with E-state index in [9.17, 15) is 9.18 Å². The number of aryl methyl sites for hydroxylation is 2. The van der Waals surface area contributed by atoms with Crippen LogP contribution in [0.4, 0.5) is 4.39 Å². The van der Waals surface area contributed by atoms with Crippen molar-refractivity contribution in [3.8, 4) is 0 Å². The first-order chi connectivity index (χ1) is 10.5. The molecule has 0 radical (unpaired) electrons. The molecule has 0 fully saturated rings. The maximum absolute atomic E-state index is 12.8. The average molecular weight is 317 g/mol. The number of benzene rings is 2. The standard InChI is InChI=1S/C18H20FNOS/c1-12-4-5-13(2)17(10-12)14(3)20-18(21)11-22-16-8-6-15(19)7-9-16/h4-10,14H,11H2,1-3H3,(H,20,21). The molecule has 0 aliphatic rings. The maximum Gasteiger partial charge on any atom is 0.230 e. The lowest BCUT2D eigenvalue weighted by atomic mass is 10.00. The largest absolute Gasteiger partial charge is 0.349 e. The number of carbonyl (C=O) groups excluding carboxylic acids is 1. The normalized spacial score (nSPS) is 12.0. The van der Waals surface area contributed by atoms with Crippen LogP contribution in [0.2, 0.25) is 0 Å². The lowest BCUT2D eigenvalue weighted by molar-refractivity contribution is -0.119. The van der Waals surface area contributed by atoms with Crippen LogP contribution in [-0.2, 0) is 4.79 Å². The van der Waals surface area contributed by atoms with Gasteiger partial charge in [-0.1, -0.05) is 23.8 Å². The topological polar surface area (TPSA) is 29.1 Å². The van der Waals surface area contributed by atoms with Crippen LogP contribution in [0, 0.1) is 19.7 Å². The van der Waals surface area contributed by atoms with Crippen molar-refractivity contribution in [2.45, 2.75) is 31.7 Å². The molecule has 0 bridgehead atoms. The summed E-state index contributed by atoms with van der Waals surface area (Å²) in [6, 6.07) is 12.4. The molecule has 2 rings (SSSR count). The Bertz CT molecular complexity index is 655. The summed E-state index contributed by atoms with van der Waals surface area (Å²) >= 11 is 1.40. The molecule has 1 amide bonds. The van der Waals surface area contributed by atoms with Crippen molar-refractivity contribution in [1.29, 1.82) is 0 Å². The molecule has 2 aromatic rings. The first-order valence-electron chi connectivity index (χ1n) is 7.20. The fourth-order valence-corrected chi connectivity index (χ4v) is 2.98. The summed E-state index contributed by atoms with van der Waals surface area (Å²) in [5.74, 6) is 0.0287. The Kier molecular flexibility index (Phi) is 5.61. The third-order valence-corrected chi connectivity index (χ3v) is 4.47. The lowest BCUT2D eigenvalue weighted by Crippen LogP contribution is -2.28. The number of rotatable bonds is 5. The van der Waals surface area contributed by atoms with Gasteiger partial charge in [0, 0.05) is 4.90 Å². The van der Waals surface area contributed by atoms with Crippen LogP contribution in [0.15, 0.2) is 47.4 Å². The van der Waals surface area contributed by atoms with E-state index in [-0.39, 0.29) is 17.8 Å². The van der Waals surface area contributed by atoms with Gasteiger partial charge in [0.25, 0.3) is 0 Å². The average Bonchev–Trinajstić information content (AvgIpc) is 2.49. The minimum atomic E-state index is -0.266. The molecule has 0 saturated carbocycles. The Balaban J connectivity index is 1.91. The van der Waals surface area contributed by atoms with Gasteiger partial charge in [-0.15, -0.1) is 11.8 Å². The van der Waals surface area contributed by atoms with Crippen molar-refractivity contribution < 1.29 is 9.18 Å². The number of nitrogens with one attached hydrogen (secondary N) is 1. The van der Waals surface area contributed by atoms with E-state index >= 15 is 0 Å². The smallest absolute Gasteiger partial charge is 0.230 e. The quantitative estimate of drug-likeness (QED) is 0.828. The molecule has 0 saturated heterocycles. The van der Waals surface area contributed by atoms with Gasteiger partial charge in [-0.2, -0.15) is 0 Å². The molecule has 0 spiro atoms. The fraction of sp³-hybridized carbons (Fsp3) is 0.278. The molecule has 1 N–H and O–H groups in total. The number of carbonyl (C=O) groups is 1. The summed E-state index contributed by atoms with van der Waals surface area (Å²) in [6.45, 7) is 6.08. The highest BCUT2D eigenvalue weighted by Gasteiger charge is 2.12. The molecule has 0 heterocycles. The monoisotopic (exact) mass is 317 g/mol. The van der Waals surface area contributed by atoms with Gasteiger partial charge >= 0.3 is 0 Å². The second kappa shape index (κ2) is 7.45. The van der Waals surface area contributed by atoms with Crippen molar-refractivity contribution in [2.24, 2.45) is 0 Å². The number of thioether (sulfide) groups is 1. The van der Waals surface area contributed by atoms with Gasteiger partial charge in [-0.25, -0.2) is 4.39 Å². The summed E-state index contributed by atoms with van der Waals surface area (Å²) in [4.78, 5) is 12.9. The van der Waals surface area contributed by atoms with Gasteiger partial charge in [0.15, 0.2) is 0 Å². The molecule has 22 heavy (non-hydrogen) atoms. The Morgan fingerprint density at radius 1 is 1.18 bits per heavy atom. The van der Waals surface area contributed by atoms with Gasteiger partial charge in [-0.05, 0) is 56.2 Å². The van der Waals surface area contributed by atoms with Crippen molar-refractivity contribution in [3.05, 3.63) is 65.0 Å². The number of amides is 1. The van der Waals surface area contributed by atoms with Crippen molar-refractivity contribution in [1.82, 2.24) is 5.32 Å². The molecular weight excluding hydrogens is 297 g/mol. The zero-order chi connectivity index (χ0) is 16.1.